The number of hydrogen-bond acceptors (Lipinski definition) is 4. The molecular weight excluding hydrogens is 304 g/mol. The lowest BCUT2D eigenvalue weighted by Crippen LogP contribution is -2.51. The summed E-state index contributed by atoms with van der Waals surface area (Å²) in [6.07, 6.45) is 9.07. The summed E-state index contributed by atoms with van der Waals surface area (Å²) in [6, 6.07) is 3.76. The van der Waals surface area contributed by atoms with Gasteiger partial charge in [0.15, 0.2) is 0 Å². The number of hydrogen-bond donors (Lipinski definition) is 0. The van der Waals surface area contributed by atoms with Gasteiger partial charge in [-0.05, 0) is 30.5 Å². The van der Waals surface area contributed by atoms with Crippen molar-refractivity contribution in [2.45, 2.75) is 12.8 Å². The van der Waals surface area contributed by atoms with Crippen LogP contribution in [-0.4, -0.2) is 77.3 Å². The van der Waals surface area contributed by atoms with Crippen molar-refractivity contribution in [3.05, 3.63) is 36.2 Å². The zero-order chi connectivity index (χ0) is 16.8. The normalized spacial score (nSPS) is 19.2. The average molecular weight is 328 g/mol. The number of piperazine rings is 1. The summed E-state index contributed by atoms with van der Waals surface area (Å²) in [5.74, 6) is 0.244. The van der Waals surface area contributed by atoms with Gasteiger partial charge in [0.1, 0.15) is 0 Å². The fraction of sp³-hybridized carbons (Fsp3) is 0.500. The van der Waals surface area contributed by atoms with Crippen molar-refractivity contribution in [2.24, 2.45) is 0 Å². The Morgan fingerprint density at radius 2 is 1.79 bits per heavy atom. The minimum absolute atomic E-state index is 0.0179. The van der Waals surface area contributed by atoms with E-state index in [9.17, 15) is 9.59 Å². The Morgan fingerprint density at radius 3 is 2.46 bits per heavy atom. The topological polar surface area (TPSA) is 56.8 Å². The summed E-state index contributed by atoms with van der Waals surface area (Å²) in [5, 5.41) is 0. The van der Waals surface area contributed by atoms with Crippen LogP contribution in [0.3, 0.4) is 0 Å². The van der Waals surface area contributed by atoms with E-state index < -0.39 is 0 Å². The van der Waals surface area contributed by atoms with E-state index in [1.54, 1.807) is 24.5 Å². The predicted octanol–water partition coefficient (Wildman–Crippen LogP) is 0.861. The Bertz CT molecular complexity index is 588. The van der Waals surface area contributed by atoms with Crippen LogP contribution in [-0.2, 0) is 9.59 Å². The molecule has 1 aromatic heterocycles. The molecule has 3 rings (SSSR count). The minimum Gasteiger partial charge on any atom is -0.342 e. The SMILES string of the molecule is O=C(/C=C/c1cccnc1)N1CCN(CC(=O)N2CCCC2)CC1. The van der Waals surface area contributed by atoms with Gasteiger partial charge in [-0.1, -0.05) is 6.07 Å². The van der Waals surface area contributed by atoms with E-state index in [-0.39, 0.29) is 11.8 Å². The van der Waals surface area contributed by atoms with Gasteiger partial charge >= 0.3 is 0 Å². The third kappa shape index (κ3) is 4.41. The highest BCUT2D eigenvalue weighted by Crippen LogP contribution is 2.10. The van der Waals surface area contributed by atoms with E-state index in [2.05, 4.69) is 9.88 Å². The highest BCUT2D eigenvalue weighted by atomic mass is 16.2. The number of nitrogens with zero attached hydrogens (tertiary/aromatic N) is 4. The number of rotatable bonds is 4. The lowest BCUT2D eigenvalue weighted by atomic mass is 10.2. The fourth-order valence-corrected chi connectivity index (χ4v) is 3.13. The van der Waals surface area contributed by atoms with Crippen molar-refractivity contribution in [1.82, 2.24) is 19.7 Å². The first kappa shape index (κ1) is 16.6. The van der Waals surface area contributed by atoms with Crippen molar-refractivity contribution >= 4 is 17.9 Å². The van der Waals surface area contributed by atoms with Crippen LogP contribution in [0.4, 0.5) is 0 Å². The molecule has 1 aromatic rings. The summed E-state index contributed by atoms with van der Waals surface area (Å²) in [6.45, 7) is 5.13. The Balaban J connectivity index is 1.43. The van der Waals surface area contributed by atoms with Gasteiger partial charge < -0.3 is 9.80 Å². The molecule has 128 valence electrons. The first-order valence-corrected chi connectivity index (χ1v) is 8.59. The third-order valence-corrected chi connectivity index (χ3v) is 4.60. The Kier molecular flexibility index (Phi) is 5.59. The maximum Gasteiger partial charge on any atom is 0.246 e. The number of amides is 2. The van der Waals surface area contributed by atoms with Crippen LogP contribution in [0.25, 0.3) is 6.08 Å². The third-order valence-electron chi connectivity index (χ3n) is 4.60. The van der Waals surface area contributed by atoms with Crippen LogP contribution in [0.2, 0.25) is 0 Å². The molecule has 24 heavy (non-hydrogen) atoms. The fourth-order valence-electron chi connectivity index (χ4n) is 3.13. The van der Waals surface area contributed by atoms with Crippen molar-refractivity contribution < 1.29 is 9.59 Å². The van der Waals surface area contributed by atoms with Crippen LogP contribution in [0.15, 0.2) is 30.6 Å². The first-order chi connectivity index (χ1) is 11.7. The summed E-state index contributed by atoms with van der Waals surface area (Å²) < 4.78 is 0. The molecule has 0 N–H and O–H groups in total. The van der Waals surface area contributed by atoms with Gasteiger partial charge in [-0.25, -0.2) is 0 Å². The molecule has 2 aliphatic heterocycles. The molecule has 2 aliphatic rings. The van der Waals surface area contributed by atoms with Gasteiger partial charge in [0, 0.05) is 57.7 Å². The monoisotopic (exact) mass is 328 g/mol. The smallest absolute Gasteiger partial charge is 0.246 e. The van der Waals surface area contributed by atoms with Crippen molar-refractivity contribution in [2.75, 3.05) is 45.8 Å². The molecule has 6 heteroatoms. The van der Waals surface area contributed by atoms with Crippen molar-refractivity contribution in [3.8, 4) is 0 Å². The molecule has 0 spiro atoms. The van der Waals surface area contributed by atoms with Crippen LogP contribution in [0.1, 0.15) is 18.4 Å². The molecule has 0 radical (unpaired) electrons. The standard InChI is InChI=1S/C18H24N4O2/c23-17(6-5-16-4-3-7-19-14-16)22-12-10-20(11-13-22)15-18(24)21-8-1-2-9-21/h3-7,14H,1-2,8-13,15H2/b6-5+. The quantitative estimate of drug-likeness (QED) is 0.770. The summed E-state index contributed by atoms with van der Waals surface area (Å²) >= 11 is 0. The van der Waals surface area contributed by atoms with Crippen LogP contribution in [0.5, 0.6) is 0 Å². The Morgan fingerprint density at radius 1 is 1.04 bits per heavy atom. The maximum absolute atomic E-state index is 12.2. The molecule has 2 fully saturated rings. The van der Waals surface area contributed by atoms with Gasteiger partial charge in [0.05, 0.1) is 6.54 Å². The van der Waals surface area contributed by atoms with Crippen molar-refractivity contribution in [1.29, 1.82) is 0 Å². The number of carbonyl (C=O) groups excluding carboxylic acids is 2. The number of carbonyl (C=O) groups is 2. The molecule has 0 unspecified atom stereocenters. The zero-order valence-corrected chi connectivity index (χ0v) is 13.9. The molecular formula is C18H24N4O2. The van der Waals surface area contributed by atoms with E-state index >= 15 is 0 Å². The van der Waals surface area contributed by atoms with Gasteiger partial charge in [-0.3, -0.25) is 19.5 Å². The van der Waals surface area contributed by atoms with Crippen LogP contribution in [0, 0.1) is 0 Å². The maximum atomic E-state index is 12.2. The second-order valence-electron chi connectivity index (χ2n) is 6.31. The molecule has 0 atom stereocenters. The van der Waals surface area contributed by atoms with Gasteiger partial charge in [0.2, 0.25) is 11.8 Å². The van der Waals surface area contributed by atoms with Gasteiger partial charge in [-0.15, -0.1) is 0 Å². The lowest BCUT2D eigenvalue weighted by molar-refractivity contribution is -0.132. The number of aromatic nitrogens is 1. The van der Waals surface area contributed by atoms with E-state index in [0.717, 1.165) is 44.6 Å². The summed E-state index contributed by atoms with van der Waals surface area (Å²) in [4.78, 5) is 34.4. The minimum atomic E-state index is 0.0179. The molecule has 0 aromatic carbocycles. The summed E-state index contributed by atoms with van der Waals surface area (Å²) in [5.41, 5.74) is 0.917. The van der Waals surface area contributed by atoms with Crippen LogP contribution >= 0.6 is 0 Å². The second-order valence-corrected chi connectivity index (χ2v) is 6.31. The second kappa shape index (κ2) is 8.06. The molecule has 2 saturated heterocycles. The highest BCUT2D eigenvalue weighted by molar-refractivity contribution is 5.91. The lowest BCUT2D eigenvalue weighted by Gasteiger charge is -2.34. The molecule has 0 saturated carbocycles. The van der Waals surface area contributed by atoms with Gasteiger partial charge in [-0.2, -0.15) is 0 Å². The van der Waals surface area contributed by atoms with Crippen molar-refractivity contribution in [3.63, 3.8) is 0 Å². The largest absolute Gasteiger partial charge is 0.342 e. The van der Waals surface area contributed by atoms with E-state index in [1.165, 1.54) is 0 Å². The first-order valence-electron chi connectivity index (χ1n) is 8.59. The van der Waals surface area contributed by atoms with E-state index in [4.69, 9.17) is 0 Å². The molecule has 6 nitrogen and oxygen atoms in total. The molecule has 3 heterocycles. The van der Waals surface area contributed by atoms with Crippen LogP contribution < -0.4 is 0 Å². The highest BCUT2D eigenvalue weighted by Gasteiger charge is 2.24. The molecule has 0 bridgehead atoms. The number of likely N-dealkylation sites (tertiary alicyclic amines) is 1. The predicted molar refractivity (Wildman–Crippen MR) is 92.1 cm³/mol. The Hall–Kier alpha value is -2.21. The molecule has 2 amide bonds. The zero-order valence-electron chi connectivity index (χ0n) is 13.9. The average Bonchev–Trinajstić information content (AvgIpc) is 3.16. The van der Waals surface area contributed by atoms with E-state index in [1.807, 2.05) is 21.9 Å². The number of pyridine rings is 1. The van der Waals surface area contributed by atoms with E-state index in [0.29, 0.717) is 19.6 Å². The van der Waals surface area contributed by atoms with Gasteiger partial charge in [0.25, 0.3) is 0 Å². The summed E-state index contributed by atoms with van der Waals surface area (Å²) in [7, 11) is 0. The Labute approximate surface area is 142 Å². The molecule has 0 aliphatic carbocycles.